The molecule has 0 atom stereocenters. The minimum Gasteiger partial charge on any atom is -0.399 e. The Morgan fingerprint density at radius 2 is 1.95 bits per heavy atom. The summed E-state index contributed by atoms with van der Waals surface area (Å²) in [6, 6.07) is 3.47. The van der Waals surface area contributed by atoms with E-state index in [1.54, 1.807) is 6.92 Å². The third-order valence-electron chi connectivity index (χ3n) is 3.60. The molecule has 1 aliphatic rings. The highest BCUT2D eigenvalue weighted by molar-refractivity contribution is 7.89. The number of nitrogen functional groups attached to an aromatic ring is 1. The van der Waals surface area contributed by atoms with Crippen molar-refractivity contribution in [2.45, 2.75) is 30.3 Å². The molecular formula is C12H17N3O5S. The van der Waals surface area contributed by atoms with Crippen molar-refractivity contribution in [1.29, 1.82) is 0 Å². The Labute approximate surface area is 122 Å². The number of aliphatic hydroxyl groups is 1. The summed E-state index contributed by atoms with van der Waals surface area (Å²) in [5, 5.41) is 20.9. The molecule has 0 saturated carbocycles. The van der Waals surface area contributed by atoms with E-state index in [1.807, 2.05) is 0 Å². The van der Waals surface area contributed by atoms with Gasteiger partial charge in [-0.2, -0.15) is 4.31 Å². The van der Waals surface area contributed by atoms with Crippen LogP contribution in [-0.2, 0) is 10.0 Å². The summed E-state index contributed by atoms with van der Waals surface area (Å²) in [6.07, 6.45) is 0.560. The molecule has 1 fully saturated rings. The van der Waals surface area contributed by atoms with Gasteiger partial charge in [0.25, 0.3) is 5.69 Å². The minimum absolute atomic E-state index is 0.112. The molecule has 0 aliphatic carbocycles. The molecule has 8 nitrogen and oxygen atoms in total. The molecule has 1 heterocycles. The number of nitro groups is 1. The molecule has 3 N–H and O–H groups in total. The molecule has 2 rings (SSSR count). The summed E-state index contributed by atoms with van der Waals surface area (Å²) >= 11 is 0. The van der Waals surface area contributed by atoms with E-state index < -0.39 is 31.1 Å². The number of rotatable bonds is 3. The third-order valence-corrected chi connectivity index (χ3v) is 5.53. The first-order valence-electron chi connectivity index (χ1n) is 6.40. The zero-order chi connectivity index (χ0) is 15.8. The van der Waals surface area contributed by atoms with Crippen LogP contribution in [0, 0.1) is 10.1 Å². The Morgan fingerprint density at radius 1 is 1.38 bits per heavy atom. The van der Waals surface area contributed by atoms with Crippen molar-refractivity contribution in [3.8, 4) is 0 Å². The van der Waals surface area contributed by atoms with E-state index in [0.29, 0.717) is 0 Å². The molecule has 0 bridgehead atoms. The zero-order valence-corrected chi connectivity index (χ0v) is 12.3. The molecule has 0 amide bonds. The van der Waals surface area contributed by atoms with E-state index >= 15 is 0 Å². The van der Waals surface area contributed by atoms with Gasteiger partial charge in [0.1, 0.15) is 0 Å². The quantitative estimate of drug-likeness (QED) is 0.480. The highest BCUT2D eigenvalue weighted by atomic mass is 32.2. The Balaban J connectivity index is 2.41. The van der Waals surface area contributed by atoms with Gasteiger partial charge < -0.3 is 10.8 Å². The molecule has 0 unspecified atom stereocenters. The number of hydrogen-bond donors (Lipinski definition) is 2. The lowest BCUT2D eigenvalue weighted by Crippen LogP contribution is -2.45. The first-order valence-corrected chi connectivity index (χ1v) is 7.84. The highest BCUT2D eigenvalue weighted by Crippen LogP contribution is 2.31. The van der Waals surface area contributed by atoms with Crippen LogP contribution in [0.25, 0.3) is 0 Å². The van der Waals surface area contributed by atoms with Crippen molar-refractivity contribution in [3.05, 3.63) is 28.3 Å². The summed E-state index contributed by atoms with van der Waals surface area (Å²) in [5.74, 6) is 0. The molecule has 1 aromatic rings. The lowest BCUT2D eigenvalue weighted by molar-refractivity contribution is -0.387. The van der Waals surface area contributed by atoms with Crippen molar-refractivity contribution in [3.63, 3.8) is 0 Å². The van der Waals surface area contributed by atoms with Gasteiger partial charge in [0.2, 0.25) is 10.0 Å². The van der Waals surface area contributed by atoms with Gasteiger partial charge in [-0.25, -0.2) is 8.42 Å². The van der Waals surface area contributed by atoms with Gasteiger partial charge in [-0.3, -0.25) is 10.1 Å². The van der Waals surface area contributed by atoms with Gasteiger partial charge in [0.05, 0.1) is 10.5 Å². The van der Waals surface area contributed by atoms with Gasteiger partial charge >= 0.3 is 0 Å². The van der Waals surface area contributed by atoms with E-state index in [2.05, 4.69) is 0 Å². The summed E-state index contributed by atoms with van der Waals surface area (Å²) in [4.78, 5) is 9.86. The number of sulfonamides is 1. The van der Waals surface area contributed by atoms with E-state index in [0.717, 1.165) is 16.4 Å². The SMILES string of the molecule is CC1(O)CCN(S(=O)(=O)c2cc(N)ccc2[N+](=O)[O-])CC1. The summed E-state index contributed by atoms with van der Waals surface area (Å²) < 4.78 is 26.3. The number of hydrogen-bond acceptors (Lipinski definition) is 6. The topological polar surface area (TPSA) is 127 Å². The molecule has 0 aromatic heterocycles. The lowest BCUT2D eigenvalue weighted by Gasteiger charge is -2.34. The molecule has 21 heavy (non-hydrogen) atoms. The monoisotopic (exact) mass is 315 g/mol. The van der Waals surface area contributed by atoms with E-state index in [9.17, 15) is 23.6 Å². The summed E-state index contributed by atoms with van der Waals surface area (Å²) in [5.41, 5.74) is 4.29. The van der Waals surface area contributed by atoms with Crippen molar-refractivity contribution >= 4 is 21.4 Å². The maximum Gasteiger partial charge on any atom is 0.289 e. The fourth-order valence-corrected chi connectivity index (χ4v) is 3.87. The largest absolute Gasteiger partial charge is 0.399 e. The van der Waals surface area contributed by atoms with E-state index in [-0.39, 0.29) is 31.6 Å². The van der Waals surface area contributed by atoms with Crippen LogP contribution in [-0.4, -0.2) is 41.4 Å². The molecule has 1 saturated heterocycles. The second-order valence-corrected chi connectivity index (χ2v) is 7.29. The van der Waals surface area contributed by atoms with Gasteiger partial charge in [-0.1, -0.05) is 0 Å². The number of nitrogens with two attached hydrogens (primary N) is 1. The van der Waals surface area contributed by atoms with Gasteiger partial charge in [-0.05, 0) is 31.9 Å². The minimum atomic E-state index is -4.01. The third kappa shape index (κ3) is 3.14. The fourth-order valence-electron chi connectivity index (χ4n) is 2.24. The van der Waals surface area contributed by atoms with Crippen LogP contribution >= 0.6 is 0 Å². The van der Waals surface area contributed by atoms with Gasteiger partial charge in [-0.15, -0.1) is 0 Å². The number of nitro benzene ring substituents is 1. The smallest absolute Gasteiger partial charge is 0.289 e. The molecular weight excluding hydrogens is 298 g/mol. The Hall–Kier alpha value is -1.71. The fraction of sp³-hybridized carbons (Fsp3) is 0.500. The number of piperidine rings is 1. The zero-order valence-electron chi connectivity index (χ0n) is 11.5. The van der Waals surface area contributed by atoms with Crippen molar-refractivity contribution in [2.75, 3.05) is 18.8 Å². The normalized spacial score (nSPS) is 19.3. The number of anilines is 1. The maximum absolute atomic E-state index is 12.6. The molecule has 1 aromatic carbocycles. The average Bonchev–Trinajstić information content (AvgIpc) is 2.37. The van der Waals surface area contributed by atoms with Gasteiger partial charge in [0.15, 0.2) is 4.90 Å². The second-order valence-electron chi connectivity index (χ2n) is 5.39. The number of nitrogens with zero attached hydrogens (tertiary/aromatic N) is 2. The lowest BCUT2D eigenvalue weighted by atomic mass is 9.95. The Kier molecular flexibility index (Phi) is 3.91. The highest BCUT2D eigenvalue weighted by Gasteiger charge is 2.37. The second kappa shape index (κ2) is 5.24. The molecule has 116 valence electrons. The Bertz CT molecular complexity index is 661. The maximum atomic E-state index is 12.6. The predicted octanol–water partition coefficient (Wildman–Crippen LogP) is 0.713. The van der Waals surface area contributed by atoms with Crippen LogP contribution in [0.5, 0.6) is 0 Å². The van der Waals surface area contributed by atoms with Crippen molar-refractivity contribution in [2.24, 2.45) is 0 Å². The van der Waals surface area contributed by atoms with Crippen LogP contribution in [0.3, 0.4) is 0 Å². The van der Waals surface area contributed by atoms with Crippen molar-refractivity contribution in [1.82, 2.24) is 4.31 Å². The molecule has 0 radical (unpaired) electrons. The molecule has 1 aliphatic heterocycles. The van der Waals surface area contributed by atoms with Crippen molar-refractivity contribution < 1.29 is 18.4 Å². The molecule has 0 spiro atoms. The first-order chi connectivity index (χ1) is 9.63. The van der Waals surface area contributed by atoms with E-state index in [4.69, 9.17) is 5.73 Å². The Morgan fingerprint density at radius 3 is 2.48 bits per heavy atom. The molecule has 9 heteroatoms. The average molecular weight is 315 g/mol. The van der Waals surface area contributed by atoms with E-state index in [1.165, 1.54) is 6.07 Å². The summed E-state index contributed by atoms with van der Waals surface area (Å²) in [7, 11) is -4.01. The van der Waals surface area contributed by atoms with Crippen LogP contribution < -0.4 is 5.73 Å². The standard InChI is InChI=1S/C12H17N3O5S/c1-12(16)4-6-14(7-5-12)21(19,20)11-8-9(13)2-3-10(11)15(17)18/h2-3,8,16H,4-7,13H2,1H3. The predicted molar refractivity (Wildman–Crippen MR) is 76.1 cm³/mol. The van der Waals surface area contributed by atoms with Gasteiger partial charge in [0, 0.05) is 24.8 Å². The number of benzene rings is 1. The van der Waals surface area contributed by atoms with Crippen LogP contribution in [0.4, 0.5) is 11.4 Å². The first kappa shape index (κ1) is 15.7. The van der Waals surface area contributed by atoms with Crippen LogP contribution in [0.1, 0.15) is 19.8 Å². The van der Waals surface area contributed by atoms with Crippen LogP contribution in [0.15, 0.2) is 23.1 Å². The summed E-state index contributed by atoms with van der Waals surface area (Å²) in [6.45, 7) is 1.86. The van der Waals surface area contributed by atoms with Crippen LogP contribution in [0.2, 0.25) is 0 Å².